The fourth-order valence-electron chi connectivity index (χ4n) is 7.38. The standard InChI is InChI=1S/C23H33BrO/c1-20(2,3)17-6-16(11-24)19(25)18(7-17)23-10-15-8-21(4,13-23)12-22(5,9-15)14-23/h6-7,15,25H,8-14H2,1-5H3/t15?,21-,22?,23-/m1/s1. The van der Waals surface area contributed by atoms with Crippen LogP contribution in [0.15, 0.2) is 12.1 Å². The monoisotopic (exact) mass is 404 g/mol. The van der Waals surface area contributed by atoms with Gasteiger partial charge in [0, 0.05) is 21.9 Å². The number of hydrogen-bond acceptors (Lipinski definition) is 1. The molecule has 4 fully saturated rings. The summed E-state index contributed by atoms with van der Waals surface area (Å²) in [5.74, 6) is 1.41. The van der Waals surface area contributed by atoms with Crippen LogP contribution in [0.25, 0.3) is 0 Å². The number of benzene rings is 1. The third-order valence-electron chi connectivity index (χ3n) is 7.40. The average Bonchev–Trinajstić information content (AvgIpc) is 2.42. The number of halogens is 1. The van der Waals surface area contributed by atoms with Crippen LogP contribution in [0.4, 0.5) is 0 Å². The Hall–Kier alpha value is -0.500. The lowest BCUT2D eigenvalue weighted by atomic mass is 9.39. The lowest BCUT2D eigenvalue weighted by molar-refractivity contribution is -0.110. The molecular formula is C23H33BrO. The second-order valence-electron chi connectivity index (χ2n) is 11.3. The zero-order valence-electron chi connectivity index (χ0n) is 16.5. The van der Waals surface area contributed by atoms with E-state index in [0.717, 1.165) is 16.8 Å². The number of phenolic OH excluding ortho intramolecular Hbond substituents is 1. The maximum absolute atomic E-state index is 11.2. The van der Waals surface area contributed by atoms with Gasteiger partial charge in [-0.25, -0.2) is 0 Å². The minimum atomic E-state index is 0.107. The maximum atomic E-state index is 11.2. The molecule has 0 amide bonds. The van der Waals surface area contributed by atoms with Crippen molar-refractivity contribution in [3.8, 4) is 5.75 Å². The second kappa shape index (κ2) is 5.27. The summed E-state index contributed by atoms with van der Waals surface area (Å²) in [5, 5.41) is 11.9. The van der Waals surface area contributed by atoms with E-state index in [1.807, 2.05) is 0 Å². The SMILES string of the molecule is CC12CC3C[C@](C)(C1)C[C@](c1cc(C(C)(C)C)cc(CBr)c1O)(C3)C2. The van der Waals surface area contributed by atoms with Crippen molar-refractivity contribution < 1.29 is 5.11 Å². The van der Waals surface area contributed by atoms with E-state index in [0.29, 0.717) is 16.6 Å². The van der Waals surface area contributed by atoms with E-state index in [1.165, 1.54) is 49.7 Å². The van der Waals surface area contributed by atoms with Crippen LogP contribution >= 0.6 is 15.9 Å². The van der Waals surface area contributed by atoms with Crippen molar-refractivity contribution in [3.63, 3.8) is 0 Å². The summed E-state index contributed by atoms with van der Waals surface area (Å²) < 4.78 is 0. The fraction of sp³-hybridized carbons (Fsp3) is 0.739. The van der Waals surface area contributed by atoms with Crippen molar-refractivity contribution in [2.24, 2.45) is 16.7 Å². The minimum absolute atomic E-state index is 0.107. The van der Waals surface area contributed by atoms with Crippen LogP contribution in [-0.4, -0.2) is 5.11 Å². The highest BCUT2D eigenvalue weighted by molar-refractivity contribution is 9.08. The highest BCUT2D eigenvalue weighted by Gasteiger charge is 2.61. The molecule has 4 saturated carbocycles. The van der Waals surface area contributed by atoms with Gasteiger partial charge in [0.05, 0.1) is 0 Å². The van der Waals surface area contributed by atoms with Crippen molar-refractivity contribution >= 4 is 15.9 Å². The molecule has 4 aliphatic rings. The van der Waals surface area contributed by atoms with E-state index in [2.05, 4.69) is 62.7 Å². The molecule has 4 aliphatic carbocycles. The summed E-state index contributed by atoms with van der Waals surface area (Å²) in [5.41, 5.74) is 4.91. The molecule has 0 aromatic heterocycles. The molecule has 1 N–H and O–H groups in total. The summed E-state index contributed by atoms with van der Waals surface area (Å²) in [4.78, 5) is 0. The summed E-state index contributed by atoms with van der Waals surface area (Å²) in [6, 6.07) is 4.57. The van der Waals surface area contributed by atoms with Crippen molar-refractivity contribution in [2.75, 3.05) is 0 Å². The van der Waals surface area contributed by atoms with Gasteiger partial charge >= 0.3 is 0 Å². The minimum Gasteiger partial charge on any atom is -0.507 e. The van der Waals surface area contributed by atoms with Gasteiger partial charge in [-0.1, -0.05) is 62.7 Å². The van der Waals surface area contributed by atoms with Crippen molar-refractivity contribution in [2.45, 2.75) is 89.3 Å². The van der Waals surface area contributed by atoms with Crippen LogP contribution in [0.3, 0.4) is 0 Å². The average molecular weight is 405 g/mol. The molecule has 0 spiro atoms. The van der Waals surface area contributed by atoms with Gasteiger partial charge in [-0.2, -0.15) is 0 Å². The van der Waals surface area contributed by atoms with E-state index in [-0.39, 0.29) is 10.8 Å². The van der Waals surface area contributed by atoms with Gasteiger partial charge in [0.1, 0.15) is 5.75 Å². The summed E-state index contributed by atoms with van der Waals surface area (Å²) >= 11 is 3.61. The Morgan fingerprint density at radius 2 is 1.64 bits per heavy atom. The predicted octanol–water partition coefficient (Wildman–Crippen LogP) is 6.83. The second-order valence-corrected chi connectivity index (χ2v) is 11.9. The van der Waals surface area contributed by atoms with Gasteiger partial charge in [-0.3, -0.25) is 0 Å². The maximum Gasteiger partial charge on any atom is 0.123 e. The lowest BCUT2D eigenvalue weighted by Crippen LogP contribution is -2.56. The number of rotatable bonds is 2. The summed E-state index contributed by atoms with van der Waals surface area (Å²) in [6.07, 6.45) is 7.97. The van der Waals surface area contributed by atoms with Crippen molar-refractivity contribution in [1.82, 2.24) is 0 Å². The number of alkyl halides is 1. The Labute approximate surface area is 161 Å². The van der Waals surface area contributed by atoms with Gasteiger partial charge in [0.2, 0.25) is 0 Å². The van der Waals surface area contributed by atoms with Crippen LogP contribution in [0.2, 0.25) is 0 Å². The van der Waals surface area contributed by atoms with Gasteiger partial charge in [-0.05, 0) is 66.3 Å². The molecule has 0 radical (unpaired) electrons. The van der Waals surface area contributed by atoms with E-state index >= 15 is 0 Å². The first-order valence-electron chi connectivity index (χ1n) is 9.91. The quantitative estimate of drug-likeness (QED) is 0.535. The Kier molecular flexibility index (Phi) is 3.77. The molecule has 1 aromatic carbocycles. The predicted molar refractivity (Wildman–Crippen MR) is 109 cm³/mol. The first kappa shape index (κ1) is 17.9. The highest BCUT2D eigenvalue weighted by Crippen LogP contribution is 2.70. The molecular weight excluding hydrogens is 372 g/mol. The van der Waals surface area contributed by atoms with E-state index in [1.54, 1.807) is 0 Å². The van der Waals surface area contributed by atoms with Crippen LogP contribution in [0.5, 0.6) is 5.75 Å². The zero-order chi connectivity index (χ0) is 18.3. The summed E-state index contributed by atoms with van der Waals surface area (Å²) in [7, 11) is 0. The van der Waals surface area contributed by atoms with E-state index in [4.69, 9.17) is 0 Å². The molecule has 1 aromatic rings. The molecule has 0 heterocycles. The summed E-state index contributed by atoms with van der Waals surface area (Å²) in [6.45, 7) is 11.9. The molecule has 0 aliphatic heterocycles. The molecule has 5 rings (SSSR count). The third kappa shape index (κ3) is 2.78. The zero-order valence-corrected chi connectivity index (χ0v) is 18.1. The topological polar surface area (TPSA) is 20.2 Å². The van der Waals surface area contributed by atoms with Crippen LogP contribution in [0, 0.1) is 16.7 Å². The molecule has 138 valence electrons. The first-order chi connectivity index (χ1) is 11.5. The number of aromatic hydroxyl groups is 1. The molecule has 25 heavy (non-hydrogen) atoms. The Morgan fingerprint density at radius 3 is 2.12 bits per heavy atom. The van der Waals surface area contributed by atoms with E-state index in [9.17, 15) is 5.11 Å². The third-order valence-corrected chi connectivity index (χ3v) is 8.00. The number of hydrogen-bond donors (Lipinski definition) is 1. The molecule has 2 unspecified atom stereocenters. The Balaban J connectivity index is 1.89. The van der Waals surface area contributed by atoms with Crippen molar-refractivity contribution in [1.29, 1.82) is 0 Å². The van der Waals surface area contributed by atoms with Gasteiger partial charge in [-0.15, -0.1) is 0 Å². The van der Waals surface area contributed by atoms with Crippen molar-refractivity contribution in [3.05, 3.63) is 28.8 Å². The fourth-order valence-corrected chi connectivity index (χ4v) is 7.81. The first-order valence-corrected chi connectivity index (χ1v) is 11.0. The van der Waals surface area contributed by atoms with Crippen LogP contribution in [-0.2, 0) is 16.2 Å². The van der Waals surface area contributed by atoms with Crippen LogP contribution < -0.4 is 0 Å². The molecule has 2 heteroatoms. The number of phenols is 1. The molecule has 1 nitrogen and oxygen atoms in total. The Bertz CT molecular complexity index is 696. The lowest BCUT2D eigenvalue weighted by Gasteiger charge is -2.65. The van der Waals surface area contributed by atoms with Gasteiger partial charge in [0.15, 0.2) is 0 Å². The largest absolute Gasteiger partial charge is 0.507 e. The molecule has 0 saturated heterocycles. The highest BCUT2D eigenvalue weighted by atomic mass is 79.9. The molecule has 4 bridgehead atoms. The normalized spacial score (nSPS) is 39.8. The van der Waals surface area contributed by atoms with Crippen LogP contribution in [0.1, 0.15) is 89.8 Å². The van der Waals surface area contributed by atoms with Gasteiger partial charge in [0.25, 0.3) is 0 Å². The molecule has 4 atom stereocenters. The smallest absolute Gasteiger partial charge is 0.123 e. The van der Waals surface area contributed by atoms with E-state index < -0.39 is 0 Å². The van der Waals surface area contributed by atoms with Gasteiger partial charge < -0.3 is 5.11 Å². The Morgan fingerprint density at radius 1 is 1.04 bits per heavy atom.